The van der Waals surface area contributed by atoms with Crippen molar-refractivity contribution in [3.8, 4) is 22.6 Å². The van der Waals surface area contributed by atoms with Crippen molar-refractivity contribution in [1.82, 2.24) is 35.1 Å². The molecule has 6 rings (SSSR count). The number of nitrogens with zero attached hydrogens (tertiary/aromatic N) is 8. The van der Waals surface area contributed by atoms with Crippen LogP contribution >= 0.6 is 0 Å². The van der Waals surface area contributed by atoms with Crippen LogP contribution in [-0.2, 0) is 11.3 Å². The number of hydrogen-bond acceptors (Lipinski definition) is 11. The fourth-order valence-electron chi connectivity index (χ4n) is 5.76. The van der Waals surface area contributed by atoms with Gasteiger partial charge >= 0.3 is 0 Å². The molecule has 2 aliphatic heterocycles. The molecule has 12 nitrogen and oxygen atoms in total. The van der Waals surface area contributed by atoms with Gasteiger partial charge in [-0.3, -0.25) is 4.90 Å². The molecule has 12 heteroatoms. The summed E-state index contributed by atoms with van der Waals surface area (Å²) in [7, 11) is 1.69. The number of anilines is 3. The van der Waals surface area contributed by atoms with Gasteiger partial charge in [-0.1, -0.05) is 12.1 Å². The molecule has 2 aromatic heterocycles. The highest BCUT2D eigenvalue weighted by atomic mass is 16.5. The van der Waals surface area contributed by atoms with Crippen LogP contribution in [-0.4, -0.2) is 93.7 Å². The zero-order valence-corrected chi connectivity index (χ0v) is 25.0. The van der Waals surface area contributed by atoms with Crippen molar-refractivity contribution in [2.45, 2.75) is 45.4 Å². The van der Waals surface area contributed by atoms with E-state index in [9.17, 15) is 0 Å². The molecular formula is C31H39N9O3. The number of hydrogen-bond donors (Lipinski definition) is 1. The topological polar surface area (TPSA) is 116 Å². The van der Waals surface area contributed by atoms with Gasteiger partial charge in [0.25, 0.3) is 0 Å². The number of ether oxygens (including phenoxy) is 3. The summed E-state index contributed by atoms with van der Waals surface area (Å²) in [4.78, 5) is 14.2. The third-order valence-electron chi connectivity index (χ3n) is 8.16. The Labute approximate surface area is 252 Å². The number of benzene rings is 2. The van der Waals surface area contributed by atoms with Gasteiger partial charge in [0.2, 0.25) is 5.95 Å². The number of piperidine rings is 1. The van der Waals surface area contributed by atoms with Gasteiger partial charge in [0, 0.05) is 61.9 Å². The van der Waals surface area contributed by atoms with Gasteiger partial charge in [-0.25, -0.2) is 14.6 Å². The highest BCUT2D eigenvalue weighted by molar-refractivity contribution is 5.69. The number of aromatic nitrogens is 6. The third kappa shape index (κ3) is 7.03. The van der Waals surface area contributed by atoms with Crippen molar-refractivity contribution in [2.24, 2.45) is 0 Å². The maximum atomic E-state index is 6.20. The lowest BCUT2D eigenvalue weighted by Crippen LogP contribution is -2.49. The Kier molecular flexibility index (Phi) is 8.94. The van der Waals surface area contributed by atoms with Crippen molar-refractivity contribution in [3.63, 3.8) is 0 Å². The normalized spacial score (nSPS) is 17.0. The minimum absolute atomic E-state index is 0.108. The zero-order chi connectivity index (χ0) is 29.6. The van der Waals surface area contributed by atoms with Crippen molar-refractivity contribution in [2.75, 3.05) is 56.7 Å². The maximum Gasteiger partial charge on any atom is 0.227 e. The Balaban J connectivity index is 1.08. The molecule has 2 aliphatic rings. The van der Waals surface area contributed by atoms with E-state index in [2.05, 4.69) is 52.7 Å². The first-order chi connectivity index (χ1) is 21.1. The average Bonchev–Trinajstić information content (AvgIpc) is 3.56. The first kappa shape index (κ1) is 28.8. The maximum absolute atomic E-state index is 6.20. The Bertz CT molecular complexity index is 1470. The van der Waals surface area contributed by atoms with Crippen LogP contribution in [0.4, 0.5) is 17.3 Å². The molecule has 0 radical (unpaired) electrons. The summed E-state index contributed by atoms with van der Waals surface area (Å²) in [6.45, 7) is 10.4. The van der Waals surface area contributed by atoms with Crippen LogP contribution < -0.4 is 19.7 Å². The second-order valence-corrected chi connectivity index (χ2v) is 11.1. The Hall–Kier alpha value is -4.29. The molecule has 43 heavy (non-hydrogen) atoms. The molecule has 1 N–H and O–H groups in total. The van der Waals surface area contributed by atoms with E-state index in [0.717, 1.165) is 86.1 Å². The molecule has 2 fully saturated rings. The lowest BCUT2D eigenvalue weighted by molar-refractivity contribution is 0.0115. The Morgan fingerprint density at radius 3 is 2.49 bits per heavy atom. The van der Waals surface area contributed by atoms with Gasteiger partial charge in [-0.05, 0) is 66.4 Å². The summed E-state index contributed by atoms with van der Waals surface area (Å²) >= 11 is 0. The van der Waals surface area contributed by atoms with Crippen molar-refractivity contribution in [1.29, 1.82) is 0 Å². The van der Waals surface area contributed by atoms with Crippen LogP contribution in [0.15, 0.2) is 55.1 Å². The van der Waals surface area contributed by atoms with Gasteiger partial charge in [0.1, 0.15) is 23.9 Å². The van der Waals surface area contributed by atoms with E-state index in [1.807, 2.05) is 50.5 Å². The van der Waals surface area contributed by atoms with Crippen LogP contribution in [0.3, 0.4) is 0 Å². The summed E-state index contributed by atoms with van der Waals surface area (Å²) in [5.41, 5.74) is 4.91. The number of methoxy groups -OCH3 is 1. The van der Waals surface area contributed by atoms with E-state index in [4.69, 9.17) is 14.2 Å². The lowest BCUT2D eigenvalue weighted by Gasteiger charge is -2.40. The van der Waals surface area contributed by atoms with Crippen molar-refractivity contribution < 1.29 is 14.2 Å². The van der Waals surface area contributed by atoms with E-state index in [1.165, 1.54) is 5.69 Å². The van der Waals surface area contributed by atoms with Crippen LogP contribution in [0, 0.1) is 6.92 Å². The Morgan fingerprint density at radius 1 is 0.977 bits per heavy atom. The number of rotatable bonds is 10. The monoisotopic (exact) mass is 585 g/mol. The second-order valence-electron chi connectivity index (χ2n) is 11.1. The summed E-state index contributed by atoms with van der Waals surface area (Å²) in [6.07, 6.45) is 7.43. The number of aryl methyl sites for hydroxylation is 1. The third-order valence-corrected chi connectivity index (χ3v) is 8.16. The summed E-state index contributed by atoms with van der Waals surface area (Å²) in [5.74, 6) is 2.06. The summed E-state index contributed by atoms with van der Waals surface area (Å²) < 4.78 is 19.1. The van der Waals surface area contributed by atoms with Gasteiger partial charge in [0.15, 0.2) is 0 Å². The molecular weight excluding hydrogens is 546 g/mol. The predicted octanol–water partition coefficient (Wildman–Crippen LogP) is 3.96. The standard InChI is InChI=1S/C31H39N9O3/c1-22-4-5-24(16-29(22)43-23(2)20-40-21-34-36-37-40)25-18-32-31(33-19-25)35-28-7-6-27(17-30(28)41-3)38-10-8-26(9-11-38)39-12-14-42-15-13-39/h4-7,16-19,21,23,26H,8-15,20H2,1-3H3,(H,32,33,35). The fourth-order valence-corrected chi connectivity index (χ4v) is 5.76. The largest absolute Gasteiger partial charge is 0.494 e. The van der Waals surface area contributed by atoms with Crippen molar-refractivity contribution >= 4 is 17.3 Å². The van der Waals surface area contributed by atoms with E-state index < -0.39 is 0 Å². The summed E-state index contributed by atoms with van der Waals surface area (Å²) in [6, 6.07) is 13.0. The number of nitrogens with one attached hydrogen (secondary N) is 1. The van der Waals surface area contributed by atoms with Gasteiger partial charge in [0.05, 0.1) is 32.6 Å². The SMILES string of the molecule is COc1cc(N2CCC(N3CCOCC3)CC2)ccc1Nc1ncc(-c2ccc(C)c(OC(C)Cn3cnnn3)c2)cn1. The van der Waals surface area contributed by atoms with Crippen LogP contribution in [0.1, 0.15) is 25.3 Å². The van der Waals surface area contributed by atoms with Crippen LogP contribution in [0.25, 0.3) is 11.1 Å². The predicted molar refractivity (Wildman–Crippen MR) is 164 cm³/mol. The molecule has 0 saturated carbocycles. The molecule has 0 amide bonds. The Morgan fingerprint density at radius 2 is 1.77 bits per heavy atom. The molecule has 4 aromatic rings. The quantitative estimate of drug-likeness (QED) is 0.292. The first-order valence-corrected chi connectivity index (χ1v) is 14.9. The molecule has 0 spiro atoms. The zero-order valence-electron chi connectivity index (χ0n) is 25.0. The first-order valence-electron chi connectivity index (χ1n) is 14.9. The molecule has 0 bridgehead atoms. The molecule has 226 valence electrons. The second kappa shape index (κ2) is 13.3. The lowest BCUT2D eigenvalue weighted by atomic mass is 10.0. The van der Waals surface area contributed by atoms with E-state index in [-0.39, 0.29) is 6.10 Å². The molecule has 0 aliphatic carbocycles. The average molecular weight is 586 g/mol. The highest BCUT2D eigenvalue weighted by Crippen LogP contribution is 2.33. The number of tetrazole rings is 1. The van der Waals surface area contributed by atoms with Gasteiger partial charge < -0.3 is 24.4 Å². The fraction of sp³-hybridized carbons (Fsp3) is 0.452. The van der Waals surface area contributed by atoms with E-state index in [0.29, 0.717) is 18.5 Å². The van der Waals surface area contributed by atoms with E-state index in [1.54, 1.807) is 18.1 Å². The molecule has 4 heterocycles. The minimum Gasteiger partial charge on any atom is -0.494 e. The summed E-state index contributed by atoms with van der Waals surface area (Å²) in [5, 5.41) is 14.6. The minimum atomic E-state index is -0.108. The van der Waals surface area contributed by atoms with Crippen LogP contribution in [0.2, 0.25) is 0 Å². The molecule has 2 saturated heterocycles. The molecule has 1 atom stereocenters. The highest BCUT2D eigenvalue weighted by Gasteiger charge is 2.26. The van der Waals surface area contributed by atoms with Crippen LogP contribution in [0.5, 0.6) is 11.5 Å². The van der Waals surface area contributed by atoms with Gasteiger partial charge in [-0.2, -0.15) is 0 Å². The smallest absolute Gasteiger partial charge is 0.227 e. The molecule has 1 unspecified atom stereocenters. The molecule has 2 aromatic carbocycles. The number of morpholine rings is 1. The van der Waals surface area contributed by atoms with Crippen molar-refractivity contribution in [3.05, 3.63) is 60.7 Å². The van der Waals surface area contributed by atoms with Gasteiger partial charge in [-0.15, -0.1) is 5.10 Å². The van der Waals surface area contributed by atoms with E-state index >= 15 is 0 Å².